The van der Waals surface area contributed by atoms with Gasteiger partial charge in [-0.15, -0.1) is 0 Å². The van der Waals surface area contributed by atoms with Gasteiger partial charge in [0, 0.05) is 0 Å². The molecule has 46 heavy (non-hydrogen) atoms. The number of rotatable bonds is 5. The molecule has 4 saturated carbocycles. The number of fused-ring (bicyclic) bond motifs is 7. The molecule has 0 aromatic rings. The molecule has 0 amide bonds. The molecule has 1 aliphatic heterocycles. The van der Waals surface area contributed by atoms with Crippen LogP contribution in [0.3, 0.4) is 0 Å². The van der Waals surface area contributed by atoms with Crippen LogP contribution in [0.25, 0.3) is 0 Å². The SMILES string of the molecule is CC1CC[C@]2(C(=O)O)CC[C@]3(C(=O)O)C(=CCC4[C@@]5(C)CC[C@H](O[C@@H]6O[C@H](CO)[C@@H](O)[C@H](O)[C@H]6O)C(C)(C)C5CC[C@]43C)C2C1C. The third-order valence-corrected chi connectivity index (χ3v) is 15.3. The summed E-state index contributed by atoms with van der Waals surface area (Å²) in [5.74, 6) is -1.24. The van der Waals surface area contributed by atoms with Gasteiger partial charge in [-0.25, -0.2) is 0 Å². The molecule has 5 unspecified atom stereocenters. The Bertz CT molecular complexity index is 1260. The summed E-state index contributed by atoms with van der Waals surface area (Å²) in [6, 6.07) is 0. The number of allylic oxidation sites excluding steroid dienone is 1. The summed E-state index contributed by atoms with van der Waals surface area (Å²) in [7, 11) is 0. The van der Waals surface area contributed by atoms with E-state index in [1.165, 1.54) is 0 Å². The molecule has 5 fully saturated rings. The Morgan fingerprint density at radius 3 is 2.20 bits per heavy atom. The highest BCUT2D eigenvalue weighted by atomic mass is 16.7. The van der Waals surface area contributed by atoms with Crippen LogP contribution in [0.2, 0.25) is 0 Å². The molecule has 15 atom stereocenters. The molecule has 10 nitrogen and oxygen atoms in total. The lowest BCUT2D eigenvalue weighted by Gasteiger charge is -2.70. The van der Waals surface area contributed by atoms with Gasteiger partial charge < -0.3 is 40.1 Å². The van der Waals surface area contributed by atoms with Gasteiger partial charge in [0.2, 0.25) is 0 Å². The van der Waals surface area contributed by atoms with Gasteiger partial charge in [0.1, 0.15) is 24.4 Å². The smallest absolute Gasteiger partial charge is 0.314 e. The van der Waals surface area contributed by atoms with Gasteiger partial charge in [0.15, 0.2) is 6.29 Å². The van der Waals surface area contributed by atoms with Crippen molar-refractivity contribution in [2.24, 2.45) is 56.7 Å². The summed E-state index contributed by atoms with van der Waals surface area (Å²) < 4.78 is 12.1. The van der Waals surface area contributed by atoms with Crippen molar-refractivity contribution in [2.75, 3.05) is 6.61 Å². The summed E-state index contributed by atoms with van der Waals surface area (Å²) in [6.07, 6.45) is 0.942. The standard InChI is InChI=1S/C36H56O10/c1-18-9-14-35(30(41)42)15-16-36(31(43)44)20(25(35)19(18)2)7-8-23-33(5)12-11-24(32(3,4)22(33)10-13-34(23,36)6)46-29-28(40)27(39)26(38)21(17-37)45-29/h7,18-19,21-29,37-40H,8-17H2,1-6H3,(H,41,42)(H,43,44)/t18?,19?,21-,22?,23?,24+,25?,26-,27+,28-,29+,33+,34-,35+,36-/m1/s1. The van der Waals surface area contributed by atoms with Crippen molar-refractivity contribution < 1.29 is 49.7 Å². The Labute approximate surface area is 272 Å². The fourth-order valence-corrected chi connectivity index (χ4v) is 12.6. The van der Waals surface area contributed by atoms with Crippen LogP contribution in [-0.2, 0) is 19.1 Å². The van der Waals surface area contributed by atoms with Gasteiger partial charge in [0.25, 0.3) is 0 Å². The molecular formula is C36H56O10. The van der Waals surface area contributed by atoms with Gasteiger partial charge in [-0.2, -0.15) is 0 Å². The number of ether oxygens (including phenoxy) is 2. The first-order chi connectivity index (χ1) is 21.4. The zero-order valence-electron chi connectivity index (χ0n) is 28.3. The lowest BCUT2D eigenvalue weighted by molar-refractivity contribution is -0.330. The normalized spacial score (nSPS) is 53.1. The average Bonchev–Trinajstić information content (AvgIpc) is 2.99. The maximum absolute atomic E-state index is 13.8. The second-order valence-electron chi connectivity index (χ2n) is 17.2. The van der Waals surface area contributed by atoms with E-state index in [4.69, 9.17) is 9.47 Å². The van der Waals surface area contributed by atoms with Crippen molar-refractivity contribution in [3.05, 3.63) is 11.6 Å². The van der Waals surface area contributed by atoms with Crippen molar-refractivity contribution in [3.63, 3.8) is 0 Å². The fourth-order valence-electron chi connectivity index (χ4n) is 12.6. The molecule has 5 aliphatic carbocycles. The second-order valence-corrected chi connectivity index (χ2v) is 17.2. The van der Waals surface area contributed by atoms with Crippen LogP contribution >= 0.6 is 0 Å². The topological polar surface area (TPSA) is 174 Å². The van der Waals surface area contributed by atoms with Gasteiger partial charge in [-0.05, 0) is 104 Å². The first kappa shape index (κ1) is 34.3. The molecule has 0 aromatic heterocycles. The Morgan fingerprint density at radius 2 is 1.57 bits per heavy atom. The minimum atomic E-state index is -1.51. The fraction of sp³-hybridized carbons (Fsp3) is 0.889. The van der Waals surface area contributed by atoms with Gasteiger partial charge in [-0.3, -0.25) is 9.59 Å². The third-order valence-electron chi connectivity index (χ3n) is 15.3. The summed E-state index contributed by atoms with van der Waals surface area (Å²) in [6.45, 7) is 12.6. The monoisotopic (exact) mass is 648 g/mol. The van der Waals surface area contributed by atoms with E-state index >= 15 is 0 Å². The first-order valence-corrected chi connectivity index (χ1v) is 17.6. The minimum Gasteiger partial charge on any atom is -0.481 e. The summed E-state index contributed by atoms with van der Waals surface area (Å²) in [5, 5.41) is 63.0. The zero-order valence-corrected chi connectivity index (χ0v) is 28.3. The van der Waals surface area contributed by atoms with Crippen LogP contribution in [-0.4, -0.2) is 86.0 Å². The number of carbonyl (C=O) groups is 2. The predicted molar refractivity (Wildman–Crippen MR) is 167 cm³/mol. The van der Waals surface area contributed by atoms with E-state index in [-0.39, 0.29) is 35.2 Å². The van der Waals surface area contributed by atoms with E-state index in [2.05, 4.69) is 47.6 Å². The molecule has 6 rings (SSSR count). The molecular weight excluding hydrogens is 592 g/mol. The molecule has 10 heteroatoms. The lowest BCUT2D eigenvalue weighted by atomic mass is 9.33. The van der Waals surface area contributed by atoms with E-state index in [1.54, 1.807) is 0 Å². The number of aliphatic carboxylic acids is 2. The molecule has 6 aliphatic rings. The van der Waals surface area contributed by atoms with Gasteiger partial charge >= 0.3 is 11.9 Å². The lowest BCUT2D eigenvalue weighted by Crippen LogP contribution is -2.68. The Morgan fingerprint density at radius 1 is 0.870 bits per heavy atom. The maximum atomic E-state index is 13.8. The molecule has 6 N–H and O–H groups in total. The van der Waals surface area contributed by atoms with Crippen molar-refractivity contribution in [1.29, 1.82) is 0 Å². The van der Waals surface area contributed by atoms with Crippen molar-refractivity contribution in [2.45, 2.75) is 136 Å². The highest BCUT2D eigenvalue weighted by Gasteiger charge is 2.73. The number of carboxylic acid groups (broad SMARTS) is 2. The predicted octanol–water partition coefficient (Wildman–Crippen LogP) is 3.98. The van der Waals surface area contributed by atoms with E-state index in [1.807, 2.05) is 0 Å². The number of hydrogen-bond donors (Lipinski definition) is 6. The first-order valence-electron chi connectivity index (χ1n) is 17.6. The average molecular weight is 649 g/mol. The highest BCUT2D eigenvalue weighted by molar-refractivity contribution is 5.84. The highest BCUT2D eigenvalue weighted by Crippen LogP contribution is 2.76. The Kier molecular flexibility index (Phi) is 8.38. The molecule has 1 saturated heterocycles. The number of carboxylic acids is 2. The second kappa shape index (κ2) is 11.2. The molecule has 260 valence electrons. The zero-order chi connectivity index (χ0) is 33.8. The summed E-state index contributed by atoms with van der Waals surface area (Å²) in [4.78, 5) is 26.8. The van der Waals surface area contributed by atoms with E-state index in [0.717, 1.165) is 31.3 Å². The number of aliphatic hydroxyl groups excluding tert-OH is 4. The van der Waals surface area contributed by atoms with Crippen LogP contribution in [0, 0.1) is 56.7 Å². The van der Waals surface area contributed by atoms with Crippen molar-refractivity contribution >= 4 is 11.9 Å². The Hall–Kier alpha value is -1.56. The van der Waals surface area contributed by atoms with Crippen LogP contribution in [0.1, 0.15) is 99.3 Å². The molecule has 1 heterocycles. The van der Waals surface area contributed by atoms with Crippen molar-refractivity contribution in [3.8, 4) is 0 Å². The van der Waals surface area contributed by atoms with Crippen LogP contribution in [0.15, 0.2) is 11.6 Å². The summed E-state index contributed by atoms with van der Waals surface area (Å²) in [5.41, 5.74) is -2.32. The van der Waals surface area contributed by atoms with Crippen LogP contribution < -0.4 is 0 Å². The number of hydrogen-bond acceptors (Lipinski definition) is 8. The molecule has 0 bridgehead atoms. The molecule has 0 radical (unpaired) electrons. The summed E-state index contributed by atoms with van der Waals surface area (Å²) >= 11 is 0. The quantitative estimate of drug-likeness (QED) is 0.189. The molecule has 0 aromatic carbocycles. The maximum Gasteiger partial charge on any atom is 0.314 e. The molecule has 0 spiro atoms. The van der Waals surface area contributed by atoms with Crippen LogP contribution in [0.4, 0.5) is 0 Å². The minimum absolute atomic E-state index is 0.0692. The van der Waals surface area contributed by atoms with Gasteiger partial charge in [0.05, 0.1) is 23.5 Å². The number of aliphatic hydroxyl groups is 4. The van der Waals surface area contributed by atoms with Gasteiger partial charge in [-0.1, -0.05) is 53.2 Å². The van der Waals surface area contributed by atoms with E-state index in [0.29, 0.717) is 38.0 Å². The largest absolute Gasteiger partial charge is 0.481 e. The van der Waals surface area contributed by atoms with Crippen LogP contribution in [0.5, 0.6) is 0 Å². The van der Waals surface area contributed by atoms with Crippen molar-refractivity contribution in [1.82, 2.24) is 0 Å². The third kappa shape index (κ3) is 4.35. The van der Waals surface area contributed by atoms with E-state index in [9.17, 15) is 40.2 Å². The van der Waals surface area contributed by atoms with E-state index < -0.39 is 70.9 Å². The Balaban J connectivity index is 1.34.